The number of amides is 2. The zero-order valence-corrected chi connectivity index (χ0v) is 17.1. The fourth-order valence-electron chi connectivity index (χ4n) is 3.58. The van der Waals surface area contributed by atoms with Gasteiger partial charge in [0.15, 0.2) is 0 Å². The number of carbonyl (C=O) groups is 2. The zero-order chi connectivity index (χ0) is 24.7. The fraction of sp³-hybridized carbons (Fsp3) is 0.227. The van der Waals surface area contributed by atoms with Crippen LogP contribution in [0, 0.1) is 0 Å². The summed E-state index contributed by atoms with van der Waals surface area (Å²) >= 11 is 0. The number of furan rings is 1. The number of nitrogens with one attached hydrogen (secondary N) is 1. The van der Waals surface area contributed by atoms with E-state index in [1.54, 1.807) is 6.07 Å². The maximum Gasteiger partial charge on any atom is 0.487 e. The van der Waals surface area contributed by atoms with Gasteiger partial charge in [0, 0.05) is 24.1 Å². The van der Waals surface area contributed by atoms with E-state index < -0.39 is 46.5 Å². The molecule has 0 saturated heterocycles. The van der Waals surface area contributed by atoms with Crippen molar-refractivity contribution in [1.29, 1.82) is 0 Å². The minimum Gasteiger partial charge on any atom is -0.459 e. The molecule has 12 heteroatoms. The molecule has 1 N–H and O–H groups in total. The fourth-order valence-corrected chi connectivity index (χ4v) is 3.58. The van der Waals surface area contributed by atoms with Crippen molar-refractivity contribution in [2.45, 2.75) is 31.9 Å². The number of alkyl halides is 6. The molecule has 4 rings (SSSR count). The van der Waals surface area contributed by atoms with E-state index in [1.165, 1.54) is 24.4 Å². The number of halogens is 6. The Hall–Kier alpha value is -3.83. The van der Waals surface area contributed by atoms with E-state index in [9.17, 15) is 35.9 Å². The molecule has 34 heavy (non-hydrogen) atoms. The largest absolute Gasteiger partial charge is 0.487 e. The Kier molecular flexibility index (Phi) is 5.84. The van der Waals surface area contributed by atoms with E-state index in [2.05, 4.69) is 10.3 Å². The molecule has 0 aliphatic carbocycles. The monoisotopic (exact) mass is 483 g/mol. The van der Waals surface area contributed by atoms with Crippen molar-refractivity contribution in [3.05, 3.63) is 65.1 Å². The van der Waals surface area contributed by atoms with Gasteiger partial charge in [-0.3, -0.25) is 9.59 Å². The molecule has 0 radical (unpaired) electrons. The normalized spacial score (nSPS) is 14.4. The van der Waals surface area contributed by atoms with Gasteiger partial charge < -0.3 is 9.73 Å². The molecule has 0 atom stereocenters. The van der Waals surface area contributed by atoms with Crippen molar-refractivity contribution < 1.29 is 40.3 Å². The lowest BCUT2D eigenvalue weighted by Gasteiger charge is -2.23. The molecule has 1 aromatic carbocycles. The van der Waals surface area contributed by atoms with Crippen LogP contribution < -0.4 is 5.32 Å². The molecule has 6 nitrogen and oxygen atoms in total. The second-order valence-electron chi connectivity index (χ2n) is 7.44. The molecule has 178 valence electrons. The van der Waals surface area contributed by atoms with Gasteiger partial charge in [-0.25, -0.2) is 9.88 Å². The number of fused-ring (bicyclic) bond motifs is 2. The molecule has 0 bridgehead atoms. The van der Waals surface area contributed by atoms with Gasteiger partial charge in [0.25, 0.3) is 5.91 Å². The second-order valence-corrected chi connectivity index (χ2v) is 7.44. The number of anilines is 1. The third kappa shape index (κ3) is 4.75. The number of nitrogens with zero attached hydrogens (tertiary/aromatic N) is 2. The summed E-state index contributed by atoms with van der Waals surface area (Å²) in [6.07, 6.45) is -6.80. The van der Waals surface area contributed by atoms with Crippen LogP contribution in [-0.4, -0.2) is 28.0 Å². The first-order valence-electron chi connectivity index (χ1n) is 9.86. The van der Waals surface area contributed by atoms with E-state index in [0.717, 1.165) is 12.1 Å². The topological polar surface area (TPSA) is 75.4 Å². The van der Waals surface area contributed by atoms with Crippen molar-refractivity contribution in [3.8, 4) is 0 Å². The first-order valence-corrected chi connectivity index (χ1v) is 9.86. The van der Waals surface area contributed by atoms with Crippen LogP contribution in [0.3, 0.4) is 0 Å². The summed E-state index contributed by atoms with van der Waals surface area (Å²) in [4.78, 5) is 27.1. The highest BCUT2D eigenvalue weighted by molar-refractivity contribution is 5.94. The van der Waals surface area contributed by atoms with Crippen LogP contribution in [0.25, 0.3) is 17.0 Å². The number of para-hydroxylation sites is 1. The van der Waals surface area contributed by atoms with Gasteiger partial charge >= 0.3 is 12.5 Å². The lowest BCUT2D eigenvalue weighted by molar-refractivity contribution is -0.242. The number of rotatable bonds is 4. The number of aromatic nitrogens is 1. The van der Waals surface area contributed by atoms with E-state index in [-0.39, 0.29) is 23.5 Å². The van der Waals surface area contributed by atoms with E-state index in [0.29, 0.717) is 23.9 Å². The van der Waals surface area contributed by atoms with Crippen LogP contribution in [0.15, 0.2) is 47.0 Å². The summed E-state index contributed by atoms with van der Waals surface area (Å²) in [6.45, 7) is -1.47. The number of hydrogen-bond donors (Lipinski definition) is 1. The van der Waals surface area contributed by atoms with Crippen LogP contribution in [0.5, 0.6) is 0 Å². The third-order valence-electron chi connectivity index (χ3n) is 5.11. The van der Waals surface area contributed by atoms with Gasteiger partial charge in [0.2, 0.25) is 5.91 Å². The van der Waals surface area contributed by atoms with Crippen molar-refractivity contribution >= 4 is 34.7 Å². The maximum absolute atomic E-state index is 13.6. The highest BCUT2D eigenvalue weighted by Gasteiger charge is 2.44. The molecule has 3 heterocycles. The summed E-state index contributed by atoms with van der Waals surface area (Å²) in [7, 11) is 0. The zero-order valence-electron chi connectivity index (χ0n) is 17.1. The number of carbonyl (C=O) groups excluding carboxylic acids is 2. The highest BCUT2D eigenvalue weighted by Crippen LogP contribution is 2.40. The number of hydrogen-bond acceptors (Lipinski definition) is 4. The van der Waals surface area contributed by atoms with Gasteiger partial charge in [-0.15, -0.1) is 13.2 Å². The Labute approximate surface area is 187 Å². The predicted octanol–water partition coefficient (Wildman–Crippen LogP) is 5.29. The summed E-state index contributed by atoms with van der Waals surface area (Å²) in [5, 5.41) is 2.14. The Morgan fingerprint density at radius 2 is 1.88 bits per heavy atom. The molecule has 0 fully saturated rings. The van der Waals surface area contributed by atoms with Gasteiger partial charge in [-0.1, -0.05) is 18.2 Å². The first-order chi connectivity index (χ1) is 15.9. The summed E-state index contributed by atoms with van der Waals surface area (Å²) < 4.78 is 86.7. The molecule has 0 saturated carbocycles. The number of benzene rings is 1. The van der Waals surface area contributed by atoms with Crippen molar-refractivity contribution in [2.24, 2.45) is 0 Å². The Bertz CT molecular complexity index is 1290. The smallest absolute Gasteiger partial charge is 0.459 e. The SMILES string of the molecule is O=C1CCc2cc(/C=C/C(=O)N(Cc3oc4ccccc4c3C(F)(F)F)C(F)(F)F)cnc2N1. The molecule has 2 amide bonds. The van der Waals surface area contributed by atoms with E-state index in [1.807, 2.05) is 0 Å². The van der Waals surface area contributed by atoms with Gasteiger partial charge in [0.05, 0.1) is 6.54 Å². The Balaban J connectivity index is 1.63. The molecule has 0 spiro atoms. The Morgan fingerprint density at radius 3 is 2.59 bits per heavy atom. The summed E-state index contributed by atoms with van der Waals surface area (Å²) in [5.74, 6) is -2.52. The predicted molar refractivity (Wildman–Crippen MR) is 108 cm³/mol. The highest BCUT2D eigenvalue weighted by atomic mass is 19.4. The van der Waals surface area contributed by atoms with Crippen molar-refractivity contribution in [2.75, 3.05) is 5.32 Å². The van der Waals surface area contributed by atoms with E-state index >= 15 is 0 Å². The number of aryl methyl sites for hydroxylation is 1. The maximum atomic E-state index is 13.6. The van der Waals surface area contributed by atoms with Crippen LogP contribution in [0.1, 0.15) is 28.9 Å². The van der Waals surface area contributed by atoms with E-state index in [4.69, 9.17) is 4.42 Å². The minimum absolute atomic E-state index is 0.210. The van der Waals surface area contributed by atoms with Crippen LogP contribution in [0.2, 0.25) is 0 Å². The summed E-state index contributed by atoms with van der Waals surface area (Å²) in [5.41, 5.74) is -0.693. The third-order valence-corrected chi connectivity index (χ3v) is 5.11. The average molecular weight is 483 g/mol. The number of pyridine rings is 1. The molecule has 2 aromatic heterocycles. The standard InChI is InChI=1S/C22H15F6N3O3/c23-21(24,25)19-14-3-1-2-4-15(14)34-16(19)11-31(22(26,27)28)18(33)8-5-12-9-13-6-7-17(32)30-20(13)29-10-12/h1-5,8-10H,6-7,11H2,(H,29,30,32)/b8-5+. The lowest BCUT2D eigenvalue weighted by atomic mass is 10.0. The average Bonchev–Trinajstić information content (AvgIpc) is 3.13. The van der Waals surface area contributed by atoms with Crippen LogP contribution >= 0.6 is 0 Å². The minimum atomic E-state index is -5.28. The first kappa shape index (κ1) is 23.3. The molecule has 1 aliphatic heterocycles. The van der Waals surface area contributed by atoms with Gasteiger partial charge in [-0.2, -0.15) is 13.2 Å². The molecule has 3 aromatic rings. The van der Waals surface area contributed by atoms with Crippen molar-refractivity contribution in [3.63, 3.8) is 0 Å². The van der Waals surface area contributed by atoms with Crippen LogP contribution in [0.4, 0.5) is 32.2 Å². The lowest BCUT2D eigenvalue weighted by Crippen LogP contribution is -2.41. The molecule has 1 aliphatic rings. The van der Waals surface area contributed by atoms with Crippen molar-refractivity contribution in [1.82, 2.24) is 9.88 Å². The van der Waals surface area contributed by atoms with Gasteiger partial charge in [-0.05, 0) is 35.8 Å². The molecular formula is C22H15F6N3O3. The molecule has 0 unspecified atom stereocenters. The quantitative estimate of drug-likeness (QED) is 0.311. The molecular weight excluding hydrogens is 468 g/mol. The summed E-state index contributed by atoms with van der Waals surface area (Å²) in [6, 6.07) is 6.49. The van der Waals surface area contributed by atoms with Gasteiger partial charge in [0.1, 0.15) is 22.7 Å². The second kappa shape index (κ2) is 8.50. The Morgan fingerprint density at radius 1 is 1.15 bits per heavy atom. The van der Waals surface area contributed by atoms with Crippen LogP contribution in [-0.2, 0) is 28.7 Å².